The first-order chi connectivity index (χ1) is 20.3. The van der Waals surface area contributed by atoms with Crippen molar-refractivity contribution < 1.29 is 22.7 Å². The topological polar surface area (TPSA) is 98.9 Å². The van der Waals surface area contributed by atoms with E-state index in [1.54, 1.807) is 0 Å². The van der Waals surface area contributed by atoms with Crippen molar-refractivity contribution >= 4 is 45.0 Å². The zero-order chi connectivity index (χ0) is 30.8. The predicted octanol–water partition coefficient (Wildman–Crippen LogP) is 6.74. The minimum Gasteiger partial charge on any atom is -0.490 e. The number of halogens is 1. The second-order valence-corrected chi connectivity index (χ2v) is 17.0. The Hall–Kier alpha value is -1.94. The minimum absolute atomic E-state index is 0.0581. The van der Waals surface area contributed by atoms with Crippen molar-refractivity contribution in [2.75, 3.05) is 36.1 Å². The number of anilines is 1. The molecule has 0 saturated heterocycles. The molecule has 43 heavy (non-hydrogen) atoms. The van der Waals surface area contributed by atoms with E-state index in [2.05, 4.69) is 17.0 Å². The number of rotatable bonds is 10. The Kier molecular flexibility index (Phi) is 9.96. The van der Waals surface area contributed by atoms with Crippen molar-refractivity contribution in [3.8, 4) is 5.75 Å². The number of unbranched alkanes of at least 4 members (excludes halogenated alkanes) is 2. The molecular weight excluding hydrogens is 604 g/mol. The van der Waals surface area contributed by atoms with Gasteiger partial charge in [-0.1, -0.05) is 24.1 Å². The van der Waals surface area contributed by atoms with Crippen LogP contribution >= 0.6 is 23.4 Å². The maximum absolute atomic E-state index is 13.1. The molecule has 0 bridgehead atoms. The normalized spacial score (nSPS) is 23.5. The third-order valence-electron chi connectivity index (χ3n) is 8.88. The number of nitrogens with two attached hydrogens (primary N) is 1. The van der Waals surface area contributed by atoms with Crippen LogP contribution in [0.5, 0.6) is 5.75 Å². The molecule has 7 nitrogen and oxygen atoms in total. The molecule has 10 heteroatoms. The second kappa shape index (κ2) is 13.2. The molecule has 1 fully saturated rings. The molecule has 3 aliphatic rings. The lowest BCUT2D eigenvalue weighted by Gasteiger charge is -2.44. The Morgan fingerprint density at radius 1 is 1.16 bits per heavy atom. The molecule has 1 saturated carbocycles. The lowest BCUT2D eigenvalue weighted by Crippen LogP contribution is -2.49. The van der Waals surface area contributed by atoms with Gasteiger partial charge in [0, 0.05) is 28.8 Å². The van der Waals surface area contributed by atoms with Gasteiger partial charge in [-0.15, -0.1) is 0 Å². The van der Waals surface area contributed by atoms with Gasteiger partial charge in [-0.2, -0.15) is 11.8 Å². The largest absolute Gasteiger partial charge is 0.490 e. The molecule has 2 aromatic rings. The van der Waals surface area contributed by atoms with Gasteiger partial charge in [0.15, 0.2) is 0 Å². The molecule has 2 N–H and O–H groups in total. The van der Waals surface area contributed by atoms with E-state index in [4.69, 9.17) is 26.2 Å². The van der Waals surface area contributed by atoms with Gasteiger partial charge in [-0.3, -0.25) is 0 Å². The van der Waals surface area contributed by atoms with Crippen LogP contribution in [0.1, 0.15) is 87.2 Å². The summed E-state index contributed by atoms with van der Waals surface area (Å²) < 4.78 is 34.7. The summed E-state index contributed by atoms with van der Waals surface area (Å²) in [6.07, 6.45) is 7.97. The third kappa shape index (κ3) is 8.21. The van der Waals surface area contributed by atoms with Gasteiger partial charge in [-0.25, -0.2) is 18.4 Å². The highest BCUT2D eigenvalue weighted by Gasteiger charge is 2.43. The molecule has 3 atom stereocenters. The molecule has 1 spiro atoms. The standard InChI is InChI=1S/C33H45ClN2O5S2/c1-32(2,3)41-31(37)24-9-13-29-28(19-24)36(20-25-10-14-30(25)42-16-5-4-6-17-43(35,38)39)21-33(22-40-29)15-7-8-23-18-26(34)11-12-27(23)33/h9,11-13,18-19,25,30H,4-8,10,14-17,20-22H2,1-3H3,(H2,35,38,39)/t25-,30+,33+/m1/s1. The quantitative estimate of drug-likeness (QED) is 0.225. The summed E-state index contributed by atoms with van der Waals surface area (Å²) in [5.41, 5.74) is 3.38. The Balaban J connectivity index is 1.36. The zero-order valence-electron chi connectivity index (χ0n) is 25.6. The molecule has 236 valence electrons. The summed E-state index contributed by atoms with van der Waals surface area (Å²) >= 11 is 8.42. The van der Waals surface area contributed by atoms with Crippen LogP contribution in [-0.4, -0.2) is 56.4 Å². The molecule has 2 aliphatic carbocycles. The summed E-state index contributed by atoms with van der Waals surface area (Å²) in [7, 11) is -3.38. The zero-order valence-corrected chi connectivity index (χ0v) is 28.0. The van der Waals surface area contributed by atoms with Crippen molar-refractivity contribution in [3.63, 3.8) is 0 Å². The highest BCUT2D eigenvalue weighted by Crippen LogP contribution is 2.46. The molecule has 1 aliphatic heterocycles. The van der Waals surface area contributed by atoms with E-state index >= 15 is 0 Å². The summed E-state index contributed by atoms with van der Waals surface area (Å²) in [6, 6.07) is 12.0. The SMILES string of the molecule is CC(C)(C)OC(=O)c1ccc2c(c1)N(C[C@H]1CC[C@@H]1SCCCCCS(N)(=O)=O)C[C@@]1(CCCc3cc(Cl)ccc31)CO2. The fourth-order valence-corrected chi connectivity index (χ4v) is 8.92. The number of carbonyl (C=O) groups excluding carboxylic acids is 1. The number of carbonyl (C=O) groups is 1. The summed E-state index contributed by atoms with van der Waals surface area (Å²) in [5, 5.41) is 6.47. The Morgan fingerprint density at radius 3 is 2.70 bits per heavy atom. The predicted molar refractivity (Wildman–Crippen MR) is 176 cm³/mol. The molecule has 0 radical (unpaired) electrons. The molecule has 0 unspecified atom stereocenters. The monoisotopic (exact) mass is 648 g/mol. The second-order valence-electron chi connectivity index (χ2n) is 13.5. The lowest BCUT2D eigenvalue weighted by atomic mass is 9.70. The maximum atomic E-state index is 13.1. The van der Waals surface area contributed by atoms with E-state index in [1.807, 2.05) is 56.8 Å². The number of primary sulfonamides is 1. The Labute approximate surface area is 266 Å². The van der Waals surface area contributed by atoms with Crippen LogP contribution in [0.2, 0.25) is 5.02 Å². The first-order valence-electron chi connectivity index (χ1n) is 15.5. The molecule has 5 rings (SSSR count). The first kappa shape index (κ1) is 32.5. The number of ether oxygens (including phenoxy) is 2. The van der Waals surface area contributed by atoms with Crippen LogP contribution in [0.4, 0.5) is 5.69 Å². The lowest BCUT2D eigenvalue weighted by molar-refractivity contribution is 0.00695. The molecule has 0 amide bonds. The smallest absolute Gasteiger partial charge is 0.338 e. The maximum Gasteiger partial charge on any atom is 0.338 e. The van der Waals surface area contributed by atoms with Gasteiger partial charge in [0.2, 0.25) is 10.0 Å². The first-order valence-corrected chi connectivity index (χ1v) is 18.6. The van der Waals surface area contributed by atoms with E-state index in [1.165, 1.54) is 24.0 Å². The fraction of sp³-hybridized carbons (Fsp3) is 0.606. The number of esters is 1. The molecule has 1 heterocycles. The van der Waals surface area contributed by atoms with Crippen molar-refractivity contribution in [1.29, 1.82) is 0 Å². The van der Waals surface area contributed by atoms with Gasteiger partial charge in [-0.05, 0) is 119 Å². The van der Waals surface area contributed by atoms with Crippen LogP contribution in [0.25, 0.3) is 0 Å². The third-order valence-corrected chi connectivity index (χ3v) is 11.5. The number of nitrogens with zero attached hydrogens (tertiary/aromatic N) is 1. The van der Waals surface area contributed by atoms with Crippen LogP contribution in [0.15, 0.2) is 36.4 Å². The van der Waals surface area contributed by atoms with Crippen molar-refractivity contribution in [1.82, 2.24) is 0 Å². The minimum atomic E-state index is -3.38. The number of thioether (sulfide) groups is 1. The summed E-state index contributed by atoms with van der Waals surface area (Å²) in [5.74, 6) is 2.08. The number of hydrogen-bond donors (Lipinski definition) is 1. The molecular formula is C33H45ClN2O5S2. The number of fused-ring (bicyclic) bond motifs is 3. The van der Waals surface area contributed by atoms with Crippen LogP contribution in [-0.2, 0) is 26.6 Å². The van der Waals surface area contributed by atoms with E-state index in [0.717, 1.165) is 67.4 Å². The average Bonchev–Trinajstić information content (AvgIpc) is 3.06. The number of benzene rings is 2. The summed E-state index contributed by atoms with van der Waals surface area (Å²) in [4.78, 5) is 15.6. The summed E-state index contributed by atoms with van der Waals surface area (Å²) in [6.45, 7) is 7.94. The van der Waals surface area contributed by atoms with Crippen molar-refractivity contribution in [2.24, 2.45) is 11.1 Å². The van der Waals surface area contributed by atoms with Gasteiger partial charge >= 0.3 is 5.97 Å². The van der Waals surface area contributed by atoms with E-state index < -0.39 is 15.6 Å². The van der Waals surface area contributed by atoms with E-state index in [-0.39, 0.29) is 17.1 Å². The van der Waals surface area contributed by atoms with Gasteiger partial charge < -0.3 is 14.4 Å². The molecule has 0 aromatic heterocycles. The van der Waals surface area contributed by atoms with Crippen LogP contribution in [0.3, 0.4) is 0 Å². The van der Waals surface area contributed by atoms with Crippen LogP contribution in [0, 0.1) is 5.92 Å². The highest BCUT2D eigenvalue weighted by molar-refractivity contribution is 7.99. The van der Waals surface area contributed by atoms with E-state index in [0.29, 0.717) is 29.8 Å². The number of sulfonamides is 1. The molecule has 2 aromatic carbocycles. The number of aryl methyl sites for hydroxylation is 1. The fourth-order valence-electron chi connectivity index (χ4n) is 6.64. The Morgan fingerprint density at radius 2 is 1.98 bits per heavy atom. The van der Waals surface area contributed by atoms with E-state index in [9.17, 15) is 13.2 Å². The van der Waals surface area contributed by atoms with Crippen molar-refractivity contribution in [2.45, 2.75) is 88.4 Å². The van der Waals surface area contributed by atoms with Crippen LogP contribution < -0.4 is 14.8 Å². The highest BCUT2D eigenvalue weighted by atomic mass is 35.5. The van der Waals surface area contributed by atoms with Gasteiger partial charge in [0.1, 0.15) is 11.4 Å². The average molecular weight is 649 g/mol. The van der Waals surface area contributed by atoms with Crippen molar-refractivity contribution in [3.05, 3.63) is 58.1 Å². The van der Waals surface area contributed by atoms with Gasteiger partial charge in [0.25, 0.3) is 0 Å². The number of hydrogen-bond acceptors (Lipinski definition) is 7. The Bertz CT molecular complexity index is 1430. The van der Waals surface area contributed by atoms with Gasteiger partial charge in [0.05, 0.1) is 23.6 Å².